The number of aryl methyl sites for hydroxylation is 1. The summed E-state index contributed by atoms with van der Waals surface area (Å²) in [6, 6.07) is 10.0. The van der Waals surface area contributed by atoms with Gasteiger partial charge in [0, 0.05) is 43.7 Å². The molecule has 0 radical (unpaired) electrons. The topological polar surface area (TPSA) is 127 Å². The Hall–Kier alpha value is -4.25. The molecule has 1 aliphatic rings. The summed E-state index contributed by atoms with van der Waals surface area (Å²) in [5, 5.41) is 21.0. The van der Waals surface area contributed by atoms with Crippen LogP contribution in [0.4, 0.5) is 5.69 Å². The van der Waals surface area contributed by atoms with Gasteiger partial charge in [0.15, 0.2) is 11.5 Å². The van der Waals surface area contributed by atoms with Gasteiger partial charge in [-0.2, -0.15) is 5.10 Å². The molecular weight excluding hydrogens is 426 g/mol. The number of ether oxygens (including phenoxy) is 1. The molecule has 2 N–H and O–H groups in total. The third-order valence-corrected chi connectivity index (χ3v) is 5.38. The first-order valence-electron chi connectivity index (χ1n) is 10.4. The Morgan fingerprint density at radius 2 is 1.97 bits per heavy atom. The number of amides is 2. The zero-order valence-electron chi connectivity index (χ0n) is 17.8. The molecule has 5 rings (SSSR count). The van der Waals surface area contributed by atoms with Gasteiger partial charge in [0.1, 0.15) is 11.4 Å². The Morgan fingerprint density at radius 3 is 2.76 bits per heavy atom. The molecule has 0 unspecified atom stereocenters. The zero-order valence-corrected chi connectivity index (χ0v) is 17.8. The predicted octanol–water partition coefficient (Wildman–Crippen LogP) is 1.56. The van der Waals surface area contributed by atoms with Gasteiger partial charge >= 0.3 is 0 Å². The summed E-state index contributed by atoms with van der Waals surface area (Å²) in [5.41, 5.74) is 2.10. The van der Waals surface area contributed by atoms with Crippen LogP contribution in [0.2, 0.25) is 0 Å². The summed E-state index contributed by atoms with van der Waals surface area (Å²) >= 11 is 0. The average molecular weight is 447 g/mol. The molecule has 4 aromatic rings. The molecule has 4 heterocycles. The van der Waals surface area contributed by atoms with Gasteiger partial charge in [-0.3, -0.25) is 14.3 Å². The Bertz CT molecular complexity index is 1350. The van der Waals surface area contributed by atoms with Crippen LogP contribution in [-0.2, 0) is 11.8 Å². The van der Waals surface area contributed by atoms with Crippen LogP contribution in [0.5, 0.6) is 5.75 Å². The highest BCUT2D eigenvalue weighted by Crippen LogP contribution is 2.22. The summed E-state index contributed by atoms with van der Waals surface area (Å²) < 4.78 is 8.26. The fourth-order valence-electron chi connectivity index (χ4n) is 3.72. The van der Waals surface area contributed by atoms with Crippen molar-refractivity contribution >= 4 is 23.1 Å². The third-order valence-electron chi connectivity index (χ3n) is 5.38. The minimum absolute atomic E-state index is 0.123. The van der Waals surface area contributed by atoms with Gasteiger partial charge in [0.25, 0.3) is 11.8 Å². The number of benzene rings is 1. The summed E-state index contributed by atoms with van der Waals surface area (Å²) in [6.07, 6.45) is 3.09. The molecule has 3 aromatic heterocycles. The van der Waals surface area contributed by atoms with E-state index in [0.29, 0.717) is 49.0 Å². The van der Waals surface area contributed by atoms with E-state index in [1.165, 1.54) is 10.9 Å². The van der Waals surface area contributed by atoms with Crippen molar-refractivity contribution in [2.75, 3.05) is 31.6 Å². The molecule has 0 bridgehead atoms. The van der Waals surface area contributed by atoms with Crippen molar-refractivity contribution in [3.05, 3.63) is 60.0 Å². The lowest BCUT2D eigenvalue weighted by Gasteiger charge is -2.26. The van der Waals surface area contributed by atoms with Crippen molar-refractivity contribution in [1.82, 2.24) is 29.3 Å². The van der Waals surface area contributed by atoms with Crippen molar-refractivity contribution in [2.24, 2.45) is 7.05 Å². The fraction of sp³-hybridized carbons (Fsp3) is 0.227. The van der Waals surface area contributed by atoms with Crippen molar-refractivity contribution in [3.63, 3.8) is 0 Å². The molecular formula is C22H21N7O4. The second-order valence-corrected chi connectivity index (χ2v) is 7.59. The number of nitrogens with one attached hydrogen (secondary N) is 1. The number of fused-ring (bicyclic) bond motifs is 1. The van der Waals surface area contributed by atoms with Crippen molar-refractivity contribution < 1.29 is 19.4 Å². The molecule has 1 aliphatic heterocycles. The number of aromatic hydroxyl groups is 1. The van der Waals surface area contributed by atoms with Crippen LogP contribution in [0, 0.1) is 0 Å². The van der Waals surface area contributed by atoms with Gasteiger partial charge in [-0.05, 0) is 18.2 Å². The molecule has 1 saturated heterocycles. The summed E-state index contributed by atoms with van der Waals surface area (Å²) in [6.45, 7) is 1.88. The lowest BCUT2D eigenvalue weighted by molar-refractivity contribution is 0.0302. The van der Waals surface area contributed by atoms with Gasteiger partial charge in [-0.1, -0.05) is 12.1 Å². The Balaban J connectivity index is 1.39. The maximum atomic E-state index is 13.1. The van der Waals surface area contributed by atoms with E-state index in [9.17, 15) is 14.7 Å². The molecule has 11 heteroatoms. The van der Waals surface area contributed by atoms with E-state index >= 15 is 0 Å². The number of carbonyl (C=O) groups excluding carboxylic acids is 2. The zero-order chi connectivity index (χ0) is 22.9. The highest BCUT2D eigenvalue weighted by molar-refractivity contribution is 6.11. The van der Waals surface area contributed by atoms with Crippen LogP contribution < -0.4 is 5.32 Å². The normalized spacial score (nSPS) is 13.9. The number of anilines is 1. The highest BCUT2D eigenvalue weighted by atomic mass is 16.5. The third kappa shape index (κ3) is 4.01. The van der Waals surface area contributed by atoms with Crippen molar-refractivity contribution in [1.29, 1.82) is 0 Å². The number of phenols is 1. The van der Waals surface area contributed by atoms with Gasteiger partial charge in [-0.15, -0.1) is 5.10 Å². The van der Waals surface area contributed by atoms with Crippen LogP contribution in [0.1, 0.15) is 20.8 Å². The number of carbonyl (C=O) groups is 2. The maximum Gasteiger partial charge on any atom is 0.274 e. The van der Waals surface area contributed by atoms with Crippen molar-refractivity contribution in [3.8, 4) is 17.1 Å². The molecule has 0 atom stereocenters. The van der Waals surface area contributed by atoms with Gasteiger partial charge in [0.05, 0.1) is 25.0 Å². The van der Waals surface area contributed by atoms with E-state index in [1.54, 1.807) is 59.1 Å². The predicted molar refractivity (Wildman–Crippen MR) is 118 cm³/mol. The first-order valence-corrected chi connectivity index (χ1v) is 10.4. The number of nitrogens with zero attached hydrogens (tertiary/aromatic N) is 6. The number of phenolic OH excluding ortho intramolecular Hbond substituents is 1. The van der Waals surface area contributed by atoms with Gasteiger partial charge < -0.3 is 20.1 Å². The van der Waals surface area contributed by atoms with E-state index in [1.807, 2.05) is 0 Å². The standard InChI is InChI=1S/C22H21N7O4/c1-27-19(17(13-23-27)22(32)28-7-9-33-10-8-28)21(31)24-15-5-6-29-18(12-15)25-20(26-29)14-3-2-4-16(30)11-14/h2-6,11-13,30H,7-10H2,1H3,(H,24,31). The molecule has 168 valence electrons. The SMILES string of the molecule is Cn1ncc(C(=O)N2CCOCC2)c1C(=O)Nc1ccn2nc(-c3cccc(O)c3)nc2c1. The van der Waals surface area contributed by atoms with E-state index in [4.69, 9.17) is 4.74 Å². The summed E-state index contributed by atoms with van der Waals surface area (Å²) in [4.78, 5) is 32.1. The van der Waals surface area contributed by atoms with Crippen LogP contribution in [0.15, 0.2) is 48.8 Å². The maximum absolute atomic E-state index is 13.1. The number of hydrogen-bond acceptors (Lipinski definition) is 7. The minimum Gasteiger partial charge on any atom is -0.508 e. The number of hydrogen-bond donors (Lipinski definition) is 2. The number of morpholine rings is 1. The molecule has 0 saturated carbocycles. The average Bonchev–Trinajstić information content (AvgIpc) is 3.42. The molecule has 0 aliphatic carbocycles. The fourth-order valence-corrected chi connectivity index (χ4v) is 3.72. The van der Waals surface area contributed by atoms with Crippen LogP contribution >= 0.6 is 0 Å². The van der Waals surface area contributed by atoms with Gasteiger partial charge in [0.2, 0.25) is 0 Å². The highest BCUT2D eigenvalue weighted by Gasteiger charge is 2.27. The molecule has 2 amide bonds. The van der Waals surface area contributed by atoms with E-state index in [2.05, 4.69) is 20.5 Å². The van der Waals surface area contributed by atoms with E-state index in [0.717, 1.165) is 0 Å². The second-order valence-electron chi connectivity index (χ2n) is 7.59. The van der Waals surface area contributed by atoms with Crippen LogP contribution in [0.25, 0.3) is 17.0 Å². The Kier molecular flexibility index (Phi) is 5.23. The van der Waals surface area contributed by atoms with Gasteiger partial charge in [-0.25, -0.2) is 9.50 Å². The van der Waals surface area contributed by atoms with Crippen LogP contribution in [0.3, 0.4) is 0 Å². The first kappa shape index (κ1) is 20.6. The Morgan fingerprint density at radius 1 is 1.15 bits per heavy atom. The molecule has 1 fully saturated rings. The summed E-state index contributed by atoms with van der Waals surface area (Å²) in [5.74, 6) is -0.138. The monoisotopic (exact) mass is 447 g/mol. The number of aromatic nitrogens is 5. The quantitative estimate of drug-likeness (QED) is 0.486. The Labute approximate surface area is 188 Å². The van der Waals surface area contributed by atoms with Crippen LogP contribution in [-0.4, -0.2) is 72.5 Å². The van der Waals surface area contributed by atoms with E-state index in [-0.39, 0.29) is 22.9 Å². The van der Waals surface area contributed by atoms with E-state index < -0.39 is 5.91 Å². The minimum atomic E-state index is -0.455. The summed E-state index contributed by atoms with van der Waals surface area (Å²) in [7, 11) is 1.62. The number of rotatable bonds is 4. The first-order chi connectivity index (χ1) is 16.0. The largest absolute Gasteiger partial charge is 0.508 e. The molecule has 1 aromatic carbocycles. The molecule has 0 spiro atoms. The lowest BCUT2D eigenvalue weighted by atomic mass is 10.2. The smallest absolute Gasteiger partial charge is 0.274 e. The lowest BCUT2D eigenvalue weighted by Crippen LogP contribution is -2.41. The van der Waals surface area contributed by atoms with Crippen molar-refractivity contribution in [2.45, 2.75) is 0 Å². The molecule has 33 heavy (non-hydrogen) atoms. The second kappa shape index (κ2) is 8.36. The number of pyridine rings is 1. The molecule has 11 nitrogen and oxygen atoms in total.